The molecule has 0 bridgehead atoms. The average molecular weight is 744 g/mol. The van der Waals surface area contributed by atoms with E-state index in [1.807, 2.05) is 6.07 Å². The van der Waals surface area contributed by atoms with Gasteiger partial charge in [-0.15, -0.1) is 0 Å². The fraction of sp³-hybridized carbons (Fsp3) is 0.356. The van der Waals surface area contributed by atoms with Crippen molar-refractivity contribution in [2.75, 3.05) is 11.4 Å². The third kappa shape index (κ3) is 7.79. The van der Waals surface area contributed by atoms with Gasteiger partial charge in [0.2, 0.25) is 6.29 Å². The number of benzene rings is 4. The van der Waals surface area contributed by atoms with Crippen molar-refractivity contribution < 1.29 is 33.3 Å². The first-order chi connectivity index (χ1) is 26.7. The summed E-state index contributed by atoms with van der Waals surface area (Å²) in [7, 11) is 0. The zero-order valence-corrected chi connectivity index (χ0v) is 31.1. The third-order valence-electron chi connectivity index (χ3n) is 11.1. The lowest BCUT2D eigenvalue weighted by molar-refractivity contribution is -0.188. The highest BCUT2D eigenvalue weighted by Gasteiger charge is 2.31. The van der Waals surface area contributed by atoms with Crippen LogP contribution < -0.4 is 9.64 Å². The Morgan fingerprint density at radius 3 is 2.53 bits per heavy atom. The van der Waals surface area contributed by atoms with Crippen LogP contribution in [0.2, 0.25) is 0 Å². The Morgan fingerprint density at radius 2 is 1.78 bits per heavy atom. The summed E-state index contributed by atoms with van der Waals surface area (Å²) >= 11 is 0. The van der Waals surface area contributed by atoms with Gasteiger partial charge >= 0.3 is 5.97 Å². The van der Waals surface area contributed by atoms with E-state index in [9.17, 15) is 14.7 Å². The summed E-state index contributed by atoms with van der Waals surface area (Å²) in [4.78, 5) is 31.7. The first-order valence-corrected chi connectivity index (χ1v) is 19.3. The molecule has 1 N–H and O–H groups in total. The molecule has 3 heterocycles. The predicted octanol–water partition coefficient (Wildman–Crippen LogP) is 9.24. The molecule has 2 aliphatic heterocycles. The van der Waals surface area contributed by atoms with Gasteiger partial charge < -0.3 is 33.6 Å². The maximum atomic E-state index is 16.3. The molecular weight excluding hydrogens is 698 g/mol. The molecule has 284 valence electrons. The van der Waals surface area contributed by atoms with Gasteiger partial charge in [0.25, 0.3) is 0 Å². The molecule has 55 heavy (non-hydrogen) atoms. The molecule has 0 radical (unpaired) electrons. The number of hydrogen-bond donors (Lipinski definition) is 1. The smallest absolute Gasteiger partial charge is 0.340 e. The van der Waals surface area contributed by atoms with Gasteiger partial charge in [0.15, 0.2) is 0 Å². The minimum atomic E-state index is -1.05. The number of hydrogen-bond acceptors (Lipinski definition) is 8. The molecule has 0 spiro atoms. The van der Waals surface area contributed by atoms with Crippen molar-refractivity contribution in [3.8, 4) is 28.3 Å². The van der Waals surface area contributed by atoms with Crippen molar-refractivity contribution in [2.45, 2.75) is 95.9 Å². The van der Waals surface area contributed by atoms with Gasteiger partial charge in [-0.2, -0.15) is 0 Å². The minimum Gasteiger partial charge on any atom is -0.489 e. The van der Waals surface area contributed by atoms with Gasteiger partial charge in [-0.05, 0) is 91.8 Å². The number of fused-ring (bicyclic) bond motifs is 1. The highest BCUT2D eigenvalue weighted by atomic mass is 19.1. The summed E-state index contributed by atoms with van der Waals surface area (Å²) in [6, 6.07) is 25.0. The molecule has 9 nitrogen and oxygen atoms in total. The second-order valence-electron chi connectivity index (χ2n) is 15.0. The van der Waals surface area contributed by atoms with E-state index >= 15 is 4.39 Å². The zero-order chi connectivity index (χ0) is 38.1. The largest absolute Gasteiger partial charge is 0.489 e. The van der Waals surface area contributed by atoms with Gasteiger partial charge in [0.05, 0.1) is 28.3 Å². The molecule has 2 saturated heterocycles. The number of rotatable bonds is 10. The number of esters is 1. The number of carbonyl (C=O) groups excluding carboxylic acids is 2. The van der Waals surface area contributed by atoms with Crippen LogP contribution in [0.4, 0.5) is 10.1 Å². The molecule has 10 heteroatoms. The fourth-order valence-electron chi connectivity index (χ4n) is 8.22. The highest BCUT2D eigenvalue weighted by molar-refractivity contribution is 5.94. The molecule has 3 aliphatic rings. The summed E-state index contributed by atoms with van der Waals surface area (Å²) in [5, 5.41) is 10.1. The Hall–Kier alpha value is -5.32. The Balaban J connectivity index is 1.07. The lowest BCUT2D eigenvalue weighted by Gasteiger charge is -2.29. The van der Waals surface area contributed by atoms with Crippen LogP contribution in [-0.2, 0) is 20.9 Å². The Kier molecular flexibility index (Phi) is 10.5. The second-order valence-corrected chi connectivity index (χ2v) is 15.0. The summed E-state index contributed by atoms with van der Waals surface area (Å²) in [6.45, 7) is 7.50. The lowest BCUT2D eigenvalue weighted by atomic mass is 9.94. The number of nitrogens with zero attached hydrogens (tertiary/aromatic N) is 3. The van der Waals surface area contributed by atoms with Crippen LogP contribution in [0.5, 0.6) is 5.75 Å². The Labute approximate surface area is 320 Å². The average Bonchev–Trinajstić information content (AvgIpc) is 3.80. The normalized spacial score (nSPS) is 20.5. The quantitative estimate of drug-likeness (QED) is 0.112. The van der Waals surface area contributed by atoms with Crippen LogP contribution in [0.25, 0.3) is 33.5 Å². The number of aliphatic hydroxyl groups excluding tert-OH is 1. The fourth-order valence-corrected chi connectivity index (χ4v) is 8.22. The number of aromatic nitrogens is 2. The SMILES string of the molecule is C=C1CCCN1c1ccc(-c2ccc(C)cc2)c(COc2ccc(-c3nc4cc(C(=O)OC5CC(O)CC(C=O)O5)ccc4n3C3CCCCC3)c(F)c2)c1. The number of aryl methyl sites for hydroxylation is 1. The molecule has 1 saturated carbocycles. The van der Waals surface area contributed by atoms with Crippen LogP contribution in [-0.4, -0.2) is 52.0 Å². The summed E-state index contributed by atoms with van der Waals surface area (Å²) < 4.78 is 35.8. The summed E-state index contributed by atoms with van der Waals surface area (Å²) in [5.74, 6) is -0.217. The molecule has 8 rings (SSSR count). The monoisotopic (exact) mass is 743 g/mol. The van der Waals surface area contributed by atoms with Gasteiger partial charge in [0, 0.05) is 42.9 Å². The van der Waals surface area contributed by atoms with Crippen LogP contribution in [0.1, 0.15) is 85.3 Å². The number of allylic oxidation sites excluding steroid dienone is 1. The van der Waals surface area contributed by atoms with E-state index in [2.05, 4.69) is 65.4 Å². The summed E-state index contributed by atoms with van der Waals surface area (Å²) in [6.07, 6.45) is 5.35. The van der Waals surface area contributed by atoms with Crippen molar-refractivity contribution in [1.29, 1.82) is 0 Å². The van der Waals surface area contributed by atoms with Gasteiger partial charge in [-0.25, -0.2) is 14.2 Å². The molecule has 5 aromatic rings. The van der Waals surface area contributed by atoms with E-state index < -0.39 is 30.3 Å². The lowest BCUT2D eigenvalue weighted by Crippen LogP contribution is -2.38. The number of halogens is 1. The minimum absolute atomic E-state index is 0.0762. The van der Waals surface area contributed by atoms with Crippen molar-refractivity contribution in [3.63, 3.8) is 0 Å². The van der Waals surface area contributed by atoms with Crippen molar-refractivity contribution in [2.24, 2.45) is 0 Å². The maximum Gasteiger partial charge on any atom is 0.340 e. The van der Waals surface area contributed by atoms with Crippen LogP contribution in [0.15, 0.2) is 91.1 Å². The molecule has 3 atom stereocenters. The Morgan fingerprint density at radius 1 is 0.982 bits per heavy atom. The maximum absolute atomic E-state index is 16.3. The van der Waals surface area contributed by atoms with Crippen molar-refractivity contribution in [1.82, 2.24) is 9.55 Å². The van der Waals surface area contributed by atoms with E-state index in [0.29, 0.717) is 28.9 Å². The van der Waals surface area contributed by atoms with E-state index in [0.717, 1.165) is 85.1 Å². The number of anilines is 1. The number of imidazole rings is 1. The van der Waals surface area contributed by atoms with Crippen molar-refractivity contribution in [3.05, 3.63) is 114 Å². The second kappa shape index (κ2) is 15.8. The zero-order valence-electron chi connectivity index (χ0n) is 31.1. The first-order valence-electron chi connectivity index (χ1n) is 19.3. The van der Waals surface area contributed by atoms with Crippen LogP contribution in [0.3, 0.4) is 0 Å². The Bertz CT molecular complexity index is 2230. The molecule has 4 aromatic carbocycles. The molecule has 1 aromatic heterocycles. The van der Waals surface area contributed by atoms with E-state index in [-0.39, 0.29) is 31.1 Å². The number of aldehydes is 1. The number of ether oxygens (including phenoxy) is 3. The molecule has 1 aliphatic carbocycles. The number of aliphatic hydroxyl groups is 1. The topological polar surface area (TPSA) is 103 Å². The molecular formula is C45H46FN3O6. The molecule has 3 unspecified atom stereocenters. The van der Waals surface area contributed by atoms with Gasteiger partial charge in [-0.3, -0.25) is 0 Å². The first kappa shape index (κ1) is 36.6. The van der Waals surface area contributed by atoms with Crippen molar-refractivity contribution >= 4 is 29.0 Å². The van der Waals surface area contributed by atoms with Crippen LogP contribution >= 0.6 is 0 Å². The van der Waals surface area contributed by atoms with E-state index in [1.54, 1.807) is 24.3 Å². The number of carbonyl (C=O) groups is 2. The predicted molar refractivity (Wildman–Crippen MR) is 209 cm³/mol. The standard InChI is InChI=1S/C45H46FN3O6/c1-28-10-12-30(13-11-28)38-17-15-34(48-20-6-7-29(48)2)21-32(38)27-53-36-16-18-39(40(46)25-36)44-47-41-22-31(14-19-42(41)49(44)33-8-4-3-5-9-33)45(52)55-43-24-35(51)23-37(26-50)54-43/h10-19,21-22,25-26,33,35,37,43,51H,2-9,20,23-24,27H2,1H3. The van der Waals surface area contributed by atoms with E-state index in [1.165, 1.54) is 11.6 Å². The molecule has 3 fully saturated rings. The summed E-state index contributed by atoms with van der Waals surface area (Å²) in [5.41, 5.74) is 8.42. The van der Waals surface area contributed by atoms with Gasteiger partial charge in [0.1, 0.15) is 36.4 Å². The van der Waals surface area contributed by atoms with E-state index in [4.69, 9.17) is 19.2 Å². The highest BCUT2D eigenvalue weighted by Crippen LogP contribution is 2.38. The molecule has 0 amide bonds. The van der Waals surface area contributed by atoms with Gasteiger partial charge in [-0.1, -0.05) is 61.7 Å². The third-order valence-corrected chi connectivity index (χ3v) is 11.1. The van der Waals surface area contributed by atoms with Crippen LogP contribution in [0, 0.1) is 12.7 Å².